The Morgan fingerprint density at radius 3 is 2.79 bits per heavy atom. The molecule has 0 fully saturated rings. The molecule has 0 aliphatic carbocycles. The molecular formula is C14H19BrN2O2. The van der Waals surface area contributed by atoms with E-state index in [0.717, 1.165) is 41.5 Å². The molecule has 1 aliphatic rings. The molecule has 4 nitrogen and oxygen atoms in total. The predicted molar refractivity (Wildman–Crippen MR) is 79.2 cm³/mol. The zero-order valence-corrected chi connectivity index (χ0v) is 12.9. The van der Waals surface area contributed by atoms with Crippen LogP contribution in [0.1, 0.15) is 31.4 Å². The molecule has 1 aromatic carbocycles. The molecule has 0 atom stereocenters. The Morgan fingerprint density at radius 2 is 2.16 bits per heavy atom. The SMILES string of the molecule is CC(C)CCN1CCc2c(Br)ccc([N+](=O)[O-])c2C1. The van der Waals surface area contributed by atoms with Crippen LogP contribution < -0.4 is 0 Å². The highest BCUT2D eigenvalue weighted by Gasteiger charge is 2.25. The van der Waals surface area contributed by atoms with E-state index >= 15 is 0 Å². The fraction of sp³-hybridized carbons (Fsp3) is 0.571. The average Bonchev–Trinajstić information content (AvgIpc) is 2.36. The molecular weight excluding hydrogens is 308 g/mol. The summed E-state index contributed by atoms with van der Waals surface area (Å²) >= 11 is 3.51. The Kier molecular flexibility index (Phi) is 4.58. The van der Waals surface area contributed by atoms with E-state index < -0.39 is 0 Å². The molecule has 0 amide bonds. The average molecular weight is 327 g/mol. The highest BCUT2D eigenvalue weighted by Crippen LogP contribution is 2.33. The lowest BCUT2D eigenvalue weighted by Gasteiger charge is -2.29. The van der Waals surface area contributed by atoms with Crippen molar-refractivity contribution in [1.82, 2.24) is 4.90 Å². The standard InChI is InChI=1S/C14H19BrN2O2/c1-10(2)5-7-16-8-6-11-12(9-16)14(17(18)19)4-3-13(11)15/h3-4,10H,5-9H2,1-2H3. The first-order chi connectivity index (χ1) is 8.99. The van der Waals surface area contributed by atoms with Crippen LogP contribution in [0.3, 0.4) is 0 Å². The van der Waals surface area contributed by atoms with Crippen LogP contribution in [0.2, 0.25) is 0 Å². The first-order valence-electron chi connectivity index (χ1n) is 6.66. The highest BCUT2D eigenvalue weighted by molar-refractivity contribution is 9.10. The van der Waals surface area contributed by atoms with Gasteiger partial charge in [0.05, 0.1) is 4.92 Å². The maximum Gasteiger partial charge on any atom is 0.274 e. The molecule has 0 radical (unpaired) electrons. The highest BCUT2D eigenvalue weighted by atomic mass is 79.9. The number of hydrogen-bond donors (Lipinski definition) is 0. The van der Waals surface area contributed by atoms with E-state index in [0.29, 0.717) is 12.5 Å². The third-order valence-corrected chi connectivity index (χ3v) is 4.37. The number of nitro groups is 1. The van der Waals surface area contributed by atoms with Gasteiger partial charge in [0.2, 0.25) is 0 Å². The molecule has 2 rings (SSSR count). The van der Waals surface area contributed by atoms with Crippen LogP contribution in [0.25, 0.3) is 0 Å². The Morgan fingerprint density at radius 1 is 1.42 bits per heavy atom. The van der Waals surface area contributed by atoms with Gasteiger partial charge in [-0.1, -0.05) is 29.8 Å². The molecule has 0 bridgehead atoms. The third-order valence-electron chi connectivity index (χ3n) is 3.63. The van der Waals surface area contributed by atoms with Gasteiger partial charge in [-0.25, -0.2) is 0 Å². The predicted octanol–water partition coefficient (Wildman–Crippen LogP) is 3.76. The van der Waals surface area contributed by atoms with Gasteiger partial charge in [0, 0.05) is 29.2 Å². The minimum absolute atomic E-state index is 0.257. The number of nitro benzene ring substituents is 1. The largest absolute Gasteiger partial charge is 0.298 e. The number of halogens is 1. The van der Waals surface area contributed by atoms with Crippen molar-refractivity contribution in [3.8, 4) is 0 Å². The van der Waals surface area contributed by atoms with E-state index in [1.165, 1.54) is 0 Å². The van der Waals surface area contributed by atoms with Gasteiger partial charge in [0.1, 0.15) is 0 Å². The summed E-state index contributed by atoms with van der Waals surface area (Å²) < 4.78 is 0.997. The van der Waals surface area contributed by atoms with Crippen LogP contribution in [0.5, 0.6) is 0 Å². The van der Waals surface area contributed by atoms with Crippen LogP contribution in [0.4, 0.5) is 5.69 Å². The van der Waals surface area contributed by atoms with Crippen molar-refractivity contribution in [3.05, 3.63) is 37.8 Å². The monoisotopic (exact) mass is 326 g/mol. The third kappa shape index (κ3) is 3.34. The van der Waals surface area contributed by atoms with Crippen molar-refractivity contribution in [3.63, 3.8) is 0 Å². The number of hydrogen-bond acceptors (Lipinski definition) is 3. The van der Waals surface area contributed by atoms with Crippen LogP contribution in [0, 0.1) is 16.0 Å². The Bertz CT molecular complexity index is 489. The Labute approximate surface area is 122 Å². The van der Waals surface area contributed by atoms with Gasteiger partial charge in [-0.15, -0.1) is 0 Å². The van der Waals surface area contributed by atoms with E-state index in [-0.39, 0.29) is 10.6 Å². The molecule has 0 unspecified atom stereocenters. The number of fused-ring (bicyclic) bond motifs is 1. The van der Waals surface area contributed by atoms with Crippen molar-refractivity contribution < 1.29 is 4.92 Å². The van der Waals surface area contributed by atoms with Gasteiger partial charge in [-0.2, -0.15) is 0 Å². The molecule has 0 aromatic heterocycles. The van der Waals surface area contributed by atoms with E-state index in [9.17, 15) is 10.1 Å². The second-order valence-electron chi connectivity index (χ2n) is 5.49. The molecule has 1 heterocycles. The van der Waals surface area contributed by atoms with Crippen molar-refractivity contribution in [2.24, 2.45) is 5.92 Å². The quantitative estimate of drug-likeness (QED) is 0.625. The first-order valence-corrected chi connectivity index (χ1v) is 7.45. The molecule has 0 saturated carbocycles. The number of rotatable bonds is 4. The summed E-state index contributed by atoms with van der Waals surface area (Å²) in [6.07, 6.45) is 2.02. The second kappa shape index (κ2) is 6.01. The summed E-state index contributed by atoms with van der Waals surface area (Å²) in [6, 6.07) is 3.40. The zero-order chi connectivity index (χ0) is 14.0. The fourth-order valence-corrected chi connectivity index (χ4v) is 3.04. The first kappa shape index (κ1) is 14.5. The second-order valence-corrected chi connectivity index (χ2v) is 6.34. The summed E-state index contributed by atoms with van der Waals surface area (Å²) in [5.74, 6) is 0.666. The number of nitrogens with zero attached hydrogens (tertiary/aromatic N) is 2. The number of benzene rings is 1. The van der Waals surface area contributed by atoms with E-state index in [1.807, 2.05) is 0 Å². The van der Waals surface area contributed by atoms with E-state index in [1.54, 1.807) is 12.1 Å². The molecule has 0 N–H and O–H groups in total. The minimum Gasteiger partial charge on any atom is -0.298 e. The normalized spacial score (nSPS) is 15.6. The maximum absolute atomic E-state index is 11.1. The van der Waals surface area contributed by atoms with E-state index in [2.05, 4.69) is 34.7 Å². The topological polar surface area (TPSA) is 46.4 Å². The summed E-state index contributed by atoms with van der Waals surface area (Å²) in [7, 11) is 0. The van der Waals surface area contributed by atoms with Gasteiger partial charge < -0.3 is 0 Å². The summed E-state index contributed by atoms with van der Waals surface area (Å²) in [6.45, 7) is 7.10. The Hall–Kier alpha value is -0.940. The van der Waals surface area contributed by atoms with Crippen molar-refractivity contribution in [2.75, 3.05) is 13.1 Å². The summed E-state index contributed by atoms with van der Waals surface area (Å²) in [5.41, 5.74) is 2.25. The molecule has 104 valence electrons. The van der Waals surface area contributed by atoms with Crippen LogP contribution >= 0.6 is 15.9 Å². The zero-order valence-electron chi connectivity index (χ0n) is 11.4. The molecule has 1 aliphatic heterocycles. The van der Waals surface area contributed by atoms with Gasteiger partial charge in [0.15, 0.2) is 0 Å². The van der Waals surface area contributed by atoms with Crippen LogP contribution in [-0.2, 0) is 13.0 Å². The van der Waals surface area contributed by atoms with Gasteiger partial charge in [0.25, 0.3) is 5.69 Å². The summed E-state index contributed by atoms with van der Waals surface area (Å²) in [5, 5.41) is 11.1. The maximum atomic E-state index is 11.1. The lowest BCUT2D eigenvalue weighted by Crippen LogP contribution is -2.32. The van der Waals surface area contributed by atoms with E-state index in [4.69, 9.17) is 0 Å². The molecule has 0 saturated heterocycles. The van der Waals surface area contributed by atoms with Gasteiger partial charge in [-0.05, 0) is 36.9 Å². The summed E-state index contributed by atoms with van der Waals surface area (Å²) in [4.78, 5) is 13.2. The molecule has 19 heavy (non-hydrogen) atoms. The lowest BCUT2D eigenvalue weighted by atomic mass is 9.97. The van der Waals surface area contributed by atoms with Crippen LogP contribution in [-0.4, -0.2) is 22.9 Å². The Balaban J connectivity index is 2.22. The fourth-order valence-electron chi connectivity index (χ4n) is 2.47. The van der Waals surface area contributed by atoms with Gasteiger partial charge >= 0.3 is 0 Å². The minimum atomic E-state index is -0.267. The van der Waals surface area contributed by atoms with Crippen molar-refractivity contribution in [1.29, 1.82) is 0 Å². The van der Waals surface area contributed by atoms with Crippen molar-refractivity contribution >= 4 is 21.6 Å². The molecule has 1 aromatic rings. The van der Waals surface area contributed by atoms with Crippen LogP contribution in [0.15, 0.2) is 16.6 Å². The van der Waals surface area contributed by atoms with Gasteiger partial charge in [-0.3, -0.25) is 15.0 Å². The molecule has 5 heteroatoms. The molecule has 0 spiro atoms. The smallest absolute Gasteiger partial charge is 0.274 e. The lowest BCUT2D eigenvalue weighted by molar-refractivity contribution is -0.385. The van der Waals surface area contributed by atoms with Crippen molar-refractivity contribution in [2.45, 2.75) is 33.2 Å².